The molecule has 58 heavy (non-hydrogen) atoms. The van der Waals surface area contributed by atoms with Crippen LogP contribution < -0.4 is 0 Å². The van der Waals surface area contributed by atoms with Crippen LogP contribution in [0.4, 0.5) is 0 Å². The van der Waals surface area contributed by atoms with Gasteiger partial charge in [-0.25, -0.2) is 4.98 Å². The first-order valence-electron chi connectivity index (χ1n) is 19.5. The molecule has 12 aromatic rings. The molecule has 0 aliphatic carbocycles. The molecule has 0 saturated heterocycles. The molecule has 12 rings (SSSR count). The minimum absolute atomic E-state index is 0.587. The number of fused-ring (bicyclic) bond motifs is 8. The topological polar surface area (TPSA) is 43.6 Å². The Morgan fingerprint density at radius 2 is 0.897 bits per heavy atom. The molecule has 270 valence electrons. The molecule has 0 aliphatic rings. The second kappa shape index (κ2) is 13.1. The molecular weight excluding hydrogens is 725 g/mol. The number of nitrogens with zero attached hydrogens (tertiary/aromatic N) is 4. The smallest absolute Gasteiger partial charge is 0.238 e. The van der Waals surface area contributed by atoms with Crippen molar-refractivity contribution in [3.05, 3.63) is 194 Å². The zero-order chi connectivity index (χ0) is 38.2. The van der Waals surface area contributed by atoms with Gasteiger partial charge in [-0.15, -0.1) is 11.3 Å². The number of para-hydroxylation sites is 2. The van der Waals surface area contributed by atoms with E-state index in [1.54, 1.807) is 0 Å². The molecule has 0 N–H and O–H groups in total. The lowest BCUT2D eigenvalue weighted by Crippen LogP contribution is -2.06. The largest absolute Gasteiger partial charge is 0.278 e. The second-order valence-corrected chi connectivity index (χ2v) is 15.8. The monoisotopic (exact) mass is 756 g/mol. The fourth-order valence-corrected chi connectivity index (χ4v) is 9.95. The fraction of sp³-hybridized carbons (Fsp3) is 0. The van der Waals surface area contributed by atoms with E-state index >= 15 is 0 Å². The number of aromatic nitrogens is 4. The molecule has 0 fully saturated rings. The third kappa shape index (κ3) is 5.25. The average Bonchev–Trinajstić information content (AvgIpc) is 3.85. The van der Waals surface area contributed by atoms with E-state index in [1.165, 1.54) is 48.1 Å². The van der Waals surface area contributed by atoms with Crippen LogP contribution in [0.25, 0.3) is 115 Å². The van der Waals surface area contributed by atoms with Crippen LogP contribution in [0.5, 0.6) is 0 Å². The first-order chi connectivity index (χ1) is 28.7. The second-order valence-electron chi connectivity index (χ2n) is 14.8. The summed E-state index contributed by atoms with van der Waals surface area (Å²) in [7, 11) is 0. The predicted molar refractivity (Wildman–Crippen MR) is 244 cm³/mol. The van der Waals surface area contributed by atoms with Gasteiger partial charge in [-0.2, -0.15) is 9.97 Å². The van der Waals surface area contributed by atoms with Crippen LogP contribution in [0, 0.1) is 0 Å². The molecule has 9 aromatic carbocycles. The third-order valence-electron chi connectivity index (χ3n) is 11.4. The van der Waals surface area contributed by atoms with Crippen molar-refractivity contribution in [2.45, 2.75) is 0 Å². The highest BCUT2D eigenvalue weighted by Gasteiger charge is 2.22. The molecule has 4 nitrogen and oxygen atoms in total. The normalized spacial score (nSPS) is 11.8. The summed E-state index contributed by atoms with van der Waals surface area (Å²) in [6, 6.07) is 69.3. The quantitative estimate of drug-likeness (QED) is 0.176. The van der Waals surface area contributed by atoms with E-state index in [0.29, 0.717) is 17.6 Å². The van der Waals surface area contributed by atoms with Crippen molar-refractivity contribution >= 4 is 74.9 Å². The standard InChI is InChI=1S/C53H32N4S/c1-2-15-35(16-3-1)51-54-52(56-53(55-51)57-47-23-10-8-19-42(47)43-20-9-11-24-48(43)57)46-32-40(38-27-25-33-13-4-6-17-36(33)29-38)31-45-44-22-12-21-41(49(44)58-50(45)46)39-28-26-34-14-5-7-18-37(34)30-39/h1-32H. The molecule has 0 saturated carbocycles. The minimum atomic E-state index is 0.587. The zero-order valence-corrected chi connectivity index (χ0v) is 32.0. The Bertz CT molecular complexity index is 3530. The summed E-state index contributed by atoms with van der Waals surface area (Å²) >= 11 is 1.82. The van der Waals surface area contributed by atoms with Gasteiger partial charge < -0.3 is 0 Å². The highest BCUT2D eigenvalue weighted by Crippen LogP contribution is 2.46. The minimum Gasteiger partial charge on any atom is -0.278 e. The first-order valence-corrected chi connectivity index (χ1v) is 20.3. The highest BCUT2D eigenvalue weighted by molar-refractivity contribution is 7.26. The molecule has 3 heterocycles. The lowest BCUT2D eigenvalue weighted by atomic mass is 9.96. The SMILES string of the molecule is c1ccc(-c2nc(-c3cc(-c4ccc5ccccc5c4)cc4c3sc3c(-c5ccc6ccccc6c5)cccc34)nc(-n3c4ccccc4c4ccccc43)n2)cc1. The zero-order valence-electron chi connectivity index (χ0n) is 31.2. The number of rotatable bonds is 5. The highest BCUT2D eigenvalue weighted by atomic mass is 32.1. The average molecular weight is 757 g/mol. The predicted octanol–water partition coefficient (Wildman–Crippen LogP) is 14.3. The fourth-order valence-electron chi connectivity index (χ4n) is 8.63. The Labute approximate surface area is 338 Å². The number of hydrogen-bond donors (Lipinski definition) is 0. The molecule has 0 atom stereocenters. The van der Waals surface area contributed by atoms with Crippen molar-refractivity contribution in [3.8, 4) is 51.0 Å². The lowest BCUT2D eigenvalue weighted by Gasteiger charge is -2.13. The third-order valence-corrected chi connectivity index (χ3v) is 12.7. The Balaban J connectivity index is 1.17. The number of benzene rings is 9. The van der Waals surface area contributed by atoms with Gasteiger partial charge >= 0.3 is 0 Å². The summed E-state index contributed by atoms with van der Waals surface area (Å²) in [4.78, 5) is 16.0. The van der Waals surface area contributed by atoms with E-state index in [1.807, 2.05) is 29.5 Å². The maximum absolute atomic E-state index is 5.44. The van der Waals surface area contributed by atoms with E-state index in [9.17, 15) is 0 Å². The van der Waals surface area contributed by atoms with Gasteiger partial charge in [0, 0.05) is 42.1 Å². The van der Waals surface area contributed by atoms with Gasteiger partial charge in [0.05, 0.1) is 11.0 Å². The van der Waals surface area contributed by atoms with Crippen LogP contribution in [0.3, 0.4) is 0 Å². The molecule has 0 spiro atoms. The summed E-state index contributed by atoms with van der Waals surface area (Å²) in [5, 5.41) is 9.61. The van der Waals surface area contributed by atoms with Crippen molar-refractivity contribution in [2.75, 3.05) is 0 Å². The van der Waals surface area contributed by atoms with Crippen LogP contribution in [-0.2, 0) is 0 Å². The Morgan fingerprint density at radius 3 is 1.62 bits per heavy atom. The molecule has 0 amide bonds. The number of thiophene rings is 1. The van der Waals surface area contributed by atoms with Crippen molar-refractivity contribution in [1.82, 2.24) is 19.5 Å². The van der Waals surface area contributed by atoms with Crippen LogP contribution in [0.2, 0.25) is 0 Å². The van der Waals surface area contributed by atoms with Crippen LogP contribution in [0.15, 0.2) is 194 Å². The summed E-state index contributed by atoms with van der Waals surface area (Å²) in [6.07, 6.45) is 0. The summed E-state index contributed by atoms with van der Waals surface area (Å²) in [5.74, 6) is 1.85. The van der Waals surface area contributed by atoms with Crippen LogP contribution in [-0.4, -0.2) is 19.5 Å². The Morgan fingerprint density at radius 1 is 0.328 bits per heavy atom. The summed E-state index contributed by atoms with van der Waals surface area (Å²) in [6.45, 7) is 0. The summed E-state index contributed by atoms with van der Waals surface area (Å²) in [5.41, 5.74) is 8.70. The van der Waals surface area contributed by atoms with Gasteiger partial charge in [-0.3, -0.25) is 4.57 Å². The molecule has 5 heteroatoms. The van der Waals surface area contributed by atoms with Gasteiger partial charge in [-0.05, 0) is 80.2 Å². The van der Waals surface area contributed by atoms with E-state index in [2.05, 4.69) is 180 Å². The van der Waals surface area contributed by atoms with E-state index in [4.69, 9.17) is 15.0 Å². The maximum Gasteiger partial charge on any atom is 0.238 e. The van der Waals surface area contributed by atoms with Gasteiger partial charge in [0.15, 0.2) is 11.6 Å². The molecule has 0 aliphatic heterocycles. The van der Waals surface area contributed by atoms with Gasteiger partial charge in [-0.1, -0.05) is 158 Å². The van der Waals surface area contributed by atoms with E-state index in [-0.39, 0.29) is 0 Å². The Hall–Kier alpha value is -7.47. The Kier molecular flexibility index (Phi) is 7.37. The first kappa shape index (κ1) is 32.7. The molecule has 3 aromatic heterocycles. The lowest BCUT2D eigenvalue weighted by molar-refractivity contribution is 0.954. The van der Waals surface area contributed by atoms with Crippen LogP contribution >= 0.6 is 11.3 Å². The van der Waals surface area contributed by atoms with Crippen molar-refractivity contribution in [2.24, 2.45) is 0 Å². The molecule has 0 bridgehead atoms. The summed E-state index contributed by atoms with van der Waals surface area (Å²) < 4.78 is 4.57. The maximum atomic E-state index is 5.44. The number of hydrogen-bond acceptors (Lipinski definition) is 4. The van der Waals surface area contributed by atoms with Crippen molar-refractivity contribution < 1.29 is 0 Å². The van der Waals surface area contributed by atoms with Gasteiger partial charge in [0.25, 0.3) is 0 Å². The van der Waals surface area contributed by atoms with Crippen molar-refractivity contribution in [1.29, 1.82) is 0 Å². The van der Waals surface area contributed by atoms with E-state index in [0.717, 1.165) is 48.8 Å². The van der Waals surface area contributed by atoms with Crippen LogP contribution in [0.1, 0.15) is 0 Å². The molecule has 0 unspecified atom stereocenters. The van der Waals surface area contributed by atoms with Crippen molar-refractivity contribution in [3.63, 3.8) is 0 Å². The van der Waals surface area contributed by atoms with Gasteiger partial charge in [0.1, 0.15) is 0 Å². The molecular formula is C53H32N4S. The van der Waals surface area contributed by atoms with Gasteiger partial charge in [0.2, 0.25) is 5.95 Å². The molecule has 0 radical (unpaired) electrons. The van der Waals surface area contributed by atoms with E-state index < -0.39 is 0 Å².